The minimum absolute atomic E-state index is 0.0365. The van der Waals surface area contributed by atoms with Crippen molar-refractivity contribution in [3.63, 3.8) is 0 Å². The molecule has 0 unspecified atom stereocenters. The number of carbonyl (C=O) groups is 1. The number of aryl methyl sites for hydroxylation is 1. The molecule has 0 bridgehead atoms. The Bertz CT molecular complexity index is 1410. The number of fused-ring (bicyclic) bond motifs is 1. The fraction of sp³-hybridized carbons (Fsp3) is 0.208. The zero-order valence-corrected chi connectivity index (χ0v) is 19.1. The van der Waals surface area contributed by atoms with Crippen molar-refractivity contribution in [1.29, 1.82) is 5.26 Å². The lowest BCUT2D eigenvalue weighted by Gasteiger charge is -2.13. The average molecular weight is 458 g/mol. The molecule has 1 N–H and O–H groups in total. The van der Waals surface area contributed by atoms with E-state index in [9.17, 15) is 10.1 Å². The Hall–Kier alpha value is -4.65. The van der Waals surface area contributed by atoms with Gasteiger partial charge in [-0.3, -0.25) is 4.79 Å². The topological polar surface area (TPSA) is 126 Å². The van der Waals surface area contributed by atoms with Crippen LogP contribution >= 0.6 is 0 Å². The maximum Gasteiger partial charge on any atom is 0.327 e. The van der Waals surface area contributed by atoms with Crippen LogP contribution in [0.4, 0.5) is 0 Å². The molecule has 0 spiro atoms. The molecule has 4 rings (SSSR count). The van der Waals surface area contributed by atoms with Gasteiger partial charge in [-0.2, -0.15) is 15.2 Å². The molecule has 4 aromatic rings. The summed E-state index contributed by atoms with van der Waals surface area (Å²) in [5, 5.41) is 9.26. The van der Waals surface area contributed by atoms with Gasteiger partial charge in [0.25, 0.3) is 11.8 Å². The predicted molar refractivity (Wildman–Crippen MR) is 123 cm³/mol. The highest BCUT2D eigenvalue weighted by Crippen LogP contribution is 2.34. The number of amides is 1. The second kappa shape index (κ2) is 9.46. The van der Waals surface area contributed by atoms with Crippen molar-refractivity contribution in [3.05, 3.63) is 59.4 Å². The molecule has 10 nitrogen and oxygen atoms in total. The molecule has 10 heteroatoms. The third-order valence-electron chi connectivity index (χ3n) is 4.69. The summed E-state index contributed by atoms with van der Waals surface area (Å²) >= 11 is 0. The Balaban J connectivity index is 1.73. The van der Waals surface area contributed by atoms with Crippen molar-refractivity contribution in [3.8, 4) is 35.2 Å². The zero-order chi connectivity index (χ0) is 24.2. The average Bonchev–Trinajstić information content (AvgIpc) is 3.20. The smallest absolute Gasteiger partial charge is 0.327 e. The number of nitrogens with one attached hydrogen (secondary N) is 1. The number of aromatic nitrogens is 4. The Morgan fingerprint density at radius 1 is 1.09 bits per heavy atom. The maximum absolute atomic E-state index is 12.3. The molecule has 34 heavy (non-hydrogen) atoms. The summed E-state index contributed by atoms with van der Waals surface area (Å²) < 4.78 is 17.5. The van der Waals surface area contributed by atoms with E-state index < -0.39 is 0 Å². The summed E-state index contributed by atoms with van der Waals surface area (Å²) in [6.07, 6.45) is 0. The predicted octanol–water partition coefficient (Wildman–Crippen LogP) is 4.22. The minimum atomic E-state index is -0.152. The van der Waals surface area contributed by atoms with Crippen LogP contribution in [0.3, 0.4) is 0 Å². The molecular weight excluding hydrogens is 436 g/mol. The van der Waals surface area contributed by atoms with Gasteiger partial charge >= 0.3 is 6.01 Å². The normalized spacial score (nSPS) is 10.6. The van der Waals surface area contributed by atoms with Crippen molar-refractivity contribution in [2.24, 2.45) is 0 Å². The number of imidazole rings is 1. The van der Waals surface area contributed by atoms with Gasteiger partial charge < -0.3 is 24.1 Å². The second-order valence-electron chi connectivity index (χ2n) is 7.47. The summed E-state index contributed by atoms with van der Waals surface area (Å²) in [5.74, 6) is 1.78. The molecule has 0 radical (unpaired) electrons. The highest BCUT2D eigenvalue weighted by molar-refractivity contribution is 5.94. The van der Waals surface area contributed by atoms with Crippen LogP contribution in [0.25, 0.3) is 11.2 Å². The summed E-state index contributed by atoms with van der Waals surface area (Å²) in [6, 6.07) is 13.6. The third kappa shape index (κ3) is 4.73. The number of nitriles is 1. The van der Waals surface area contributed by atoms with Crippen LogP contribution in [-0.4, -0.2) is 51.4 Å². The number of ether oxygens (including phenoxy) is 3. The highest BCUT2D eigenvalue weighted by Gasteiger charge is 2.18. The zero-order valence-electron chi connectivity index (χ0n) is 19.1. The van der Waals surface area contributed by atoms with E-state index in [4.69, 9.17) is 14.2 Å². The van der Waals surface area contributed by atoms with Crippen LogP contribution < -0.4 is 14.2 Å². The van der Waals surface area contributed by atoms with E-state index in [1.54, 1.807) is 63.5 Å². The van der Waals surface area contributed by atoms with Crippen molar-refractivity contribution in [2.75, 3.05) is 20.7 Å². The Kier molecular flexibility index (Phi) is 6.27. The van der Waals surface area contributed by atoms with E-state index in [0.29, 0.717) is 46.2 Å². The van der Waals surface area contributed by atoms with Gasteiger partial charge in [0.15, 0.2) is 17.1 Å². The van der Waals surface area contributed by atoms with Crippen LogP contribution in [0.2, 0.25) is 0 Å². The fourth-order valence-electron chi connectivity index (χ4n) is 3.18. The number of hydrogen-bond donors (Lipinski definition) is 1. The summed E-state index contributed by atoms with van der Waals surface area (Å²) in [4.78, 5) is 30.0. The van der Waals surface area contributed by atoms with Crippen molar-refractivity contribution < 1.29 is 19.0 Å². The first-order chi connectivity index (χ1) is 16.4. The first-order valence-corrected chi connectivity index (χ1v) is 10.5. The molecule has 172 valence electrons. The number of nitrogens with zero attached hydrogens (tertiary/aromatic N) is 5. The van der Waals surface area contributed by atoms with Crippen LogP contribution in [0.15, 0.2) is 42.5 Å². The highest BCUT2D eigenvalue weighted by atomic mass is 16.5. The largest absolute Gasteiger partial charge is 0.490 e. The minimum Gasteiger partial charge on any atom is -0.490 e. The molecule has 0 fully saturated rings. The van der Waals surface area contributed by atoms with Crippen LogP contribution in [-0.2, 0) is 0 Å². The lowest BCUT2D eigenvalue weighted by molar-refractivity contribution is 0.0827. The first kappa shape index (κ1) is 22.5. The third-order valence-corrected chi connectivity index (χ3v) is 4.69. The number of hydrogen-bond acceptors (Lipinski definition) is 8. The molecule has 0 saturated carbocycles. The van der Waals surface area contributed by atoms with Crippen LogP contribution in [0.5, 0.6) is 29.1 Å². The molecule has 0 aliphatic rings. The Morgan fingerprint density at radius 3 is 2.65 bits per heavy atom. The quantitative estimate of drug-likeness (QED) is 0.436. The molecular formula is C24H22N6O4. The molecule has 1 amide bonds. The lowest BCUT2D eigenvalue weighted by atomic mass is 10.2. The number of aromatic amines is 1. The second-order valence-corrected chi connectivity index (χ2v) is 7.47. The molecule has 0 aliphatic heterocycles. The van der Waals surface area contributed by atoms with E-state index in [1.807, 2.05) is 6.92 Å². The lowest BCUT2D eigenvalue weighted by Crippen LogP contribution is -2.21. The number of rotatable bonds is 7. The SMILES string of the molecule is CCOc1ccc(C#N)cc1Oc1nc(Oc2cccc(C(=O)N(C)C)c2)c2[nH]c(C)nc2n1. The maximum atomic E-state index is 12.3. The monoisotopic (exact) mass is 458 g/mol. The summed E-state index contributed by atoms with van der Waals surface area (Å²) in [7, 11) is 3.36. The number of H-pyrrole nitrogens is 1. The summed E-state index contributed by atoms with van der Waals surface area (Å²) in [5.41, 5.74) is 1.69. The van der Waals surface area contributed by atoms with E-state index in [2.05, 4.69) is 26.0 Å². The number of benzene rings is 2. The van der Waals surface area contributed by atoms with Crippen molar-refractivity contribution >= 4 is 17.1 Å². The van der Waals surface area contributed by atoms with E-state index >= 15 is 0 Å². The van der Waals surface area contributed by atoms with Crippen LogP contribution in [0, 0.1) is 18.3 Å². The van der Waals surface area contributed by atoms with Gasteiger partial charge in [-0.25, -0.2) is 4.98 Å². The van der Waals surface area contributed by atoms with Gasteiger partial charge in [0.2, 0.25) is 0 Å². The first-order valence-electron chi connectivity index (χ1n) is 10.5. The number of carbonyl (C=O) groups excluding carboxylic acids is 1. The van der Waals surface area contributed by atoms with Gasteiger partial charge in [-0.1, -0.05) is 6.07 Å². The van der Waals surface area contributed by atoms with Crippen LogP contribution in [0.1, 0.15) is 28.7 Å². The van der Waals surface area contributed by atoms with Crippen molar-refractivity contribution in [2.45, 2.75) is 13.8 Å². The molecule has 2 heterocycles. The fourth-order valence-corrected chi connectivity index (χ4v) is 3.18. The van der Waals surface area contributed by atoms with Gasteiger partial charge in [0.1, 0.15) is 17.1 Å². The molecule has 2 aromatic heterocycles. The van der Waals surface area contributed by atoms with Gasteiger partial charge in [0, 0.05) is 25.7 Å². The molecule has 2 aromatic carbocycles. The van der Waals surface area contributed by atoms with Gasteiger partial charge in [0.05, 0.1) is 18.2 Å². The van der Waals surface area contributed by atoms with E-state index in [1.165, 1.54) is 4.90 Å². The van der Waals surface area contributed by atoms with E-state index in [0.717, 1.165) is 0 Å². The van der Waals surface area contributed by atoms with E-state index in [-0.39, 0.29) is 23.5 Å². The Labute approximate surface area is 195 Å². The molecule has 0 atom stereocenters. The van der Waals surface area contributed by atoms with Crippen molar-refractivity contribution in [1.82, 2.24) is 24.8 Å². The Morgan fingerprint density at radius 2 is 1.91 bits per heavy atom. The summed E-state index contributed by atoms with van der Waals surface area (Å²) in [6.45, 7) is 4.04. The standard InChI is InChI=1S/C24H22N6O4/c1-5-32-18-10-9-15(13-25)11-19(18)34-24-28-21-20(26-14(2)27-21)22(29-24)33-17-8-6-7-16(12-17)23(31)30(3)4/h6-12H,5H2,1-4H3,(H,26,27,28,29). The van der Waals surface area contributed by atoms with Gasteiger partial charge in [-0.05, 0) is 44.2 Å². The molecule has 0 aliphatic carbocycles. The molecule has 0 saturated heterocycles. The van der Waals surface area contributed by atoms with Gasteiger partial charge in [-0.15, -0.1) is 0 Å².